The average molecular weight is 360 g/mol. The minimum absolute atomic E-state index is 0.349. The van der Waals surface area contributed by atoms with Crippen molar-refractivity contribution < 1.29 is 14.2 Å². The second-order valence-electron chi connectivity index (χ2n) is 6.10. The maximum atomic E-state index is 6.07. The molecule has 5 rings (SSSR count). The Morgan fingerprint density at radius 1 is 0.963 bits per heavy atom. The van der Waals surface area contributed by atoms with Crippen molar-refractivity contribution in [3.63, 3.8) is 0 Å². The fraction of sp³-hybridized carbons (Fsp3) is 0.150. The van der Waals surface area contributed by atoms with E-state index in [0.29, 0.717) is 36.0 Å². The number of para-hydroxylation sites is 2. The topological polar surface area (TPSA) is 71.3 Å². The van der Waals surface area contributed by atoms with Gasteiger partial charge in [0.1, 0.15) is 30.8 Å². The Morgan fingerprint density at radius 2 is 1.81 bits per heavy atom. The van der Waals surface area contributed by atoms with Gasteiger partial charge in [0, 0.05) is 5.56 Å². The van der Waals surface area contributed by atoms with Crippen molar-refractivity contribution in [2.45, 2.75) is 12.8 Å². The molecule has 1 aliphatic rings. The number of imidazole rings is 1. The summed E-state index contributed by atoms with van der Waals surface area (Å²) in [7, 11) is 0. The predicted octanol–water partition coefficient (Wildman–Crippen LogP) is 3.73. The third kappa shape index (κ3) is 2.98. The van der Waals surface area contributed by atoms with Crippen LogP contribution in [0.4, 0.5) is 0 Å². The van der Waals surface area contributed by atoms with Gasteiger partial charge in [-0.2, -0.15) is 4.98 Å². The molecule has 0 N–H and O–H groups in total. The molecule has 1 aliphatic heterocycles. The van der Waals surface area contributed by atoms with Crippen molar-refractivity contribution in [2.75, 3.05) is 6.61 Å². The summed E-state index contributed by atoms with van der Waals surface area (Å²) in [6.45, 7) is 0.797. The molecule has 0 bridgehead atoms. The zero-order valence-corrected chi connectivity index (χ0v) is 14.4. The van der Waals surface area contributed by atoms with E-state index < -0.39 is 0 Å². The van der Waals surface area contributed by atoms with Crippen LogP contribution in [0.15, 0.2) is 67.3 Å². The van der Waals surface area contributed by atoms with Crippen LogP contribution in [-0.4, -0.2) is 26.1 Å². The van der Waals surface area contributed by atoms with Crippen LogP contribution in [0.2, 0.25) is 0 Å². The Hall–Kier alpha value is -3.45. The SMILES string of the molecule is c1ccc(Oc2ncnc3ncn(C4COc5ccccc5CO4)c23)cc1. The number of hydrogen-bond acceptors (Lipinski definition) is 6. The van der Waals surface area contributed by atoms with Gasteiger partial charge in [0.05, 0.1) is 6.61 Å². The van der Waals surface area contributed by atoms with Crippen molar-refractivity contribution >= 4 is 11.2 Å². The second-order valence-corrected chi connectivity index (χ2v) is 6.10. The van der Waals surface area contributed by atoms with Crippen LogP contribution in [0, 0.1) is 0 Å². The Bertz CT molecular complexity index is 1050. The summed E-state index contributed by atoms with van der Waals surface area (Å²) in [6, 6.07) is 17.4. The van der Waals surface area contributed by atoms with E-state index in [2.05, 4.69) is 15.0 Å². The molecular weight excluding hydrogens is 344 g/mol. The van der Waals surface area contributed by atoms with Crippen LogP contribution in [0.25, 0.3) is 11.2 Å². The van der Waals surface area contributed by atoms with Crippen LogP contribution >= 0.6 is 0 Å². The molecule has 0 aliphatic carbocycles. The summed E-state index contributed by atoms with van der Waals surface area (Å²) < 4.78 is 19.8. The normalized spacial score (nSPS) is 16.4. The number of hydrogen-bond donors (Lipinski definition) is 0. The zero-order valence-electron chi connectivity index (χ0n) is 14.4. The van der Waals surface area contributed by atoms with Crippen molar-refractivity contribution in [2.24, 2.45) is 0 Å². The number of fused-ring (bicyclic) bond motifs is 2. The third-order valence-electron chi connectivity index (χ3n) is 4.39. The first-order valence-corrected chi connectivity index (χ1v) is 8.61. The lowest BCUT2D eigenvalue weighted by molar-refractivity contribution is -0.0235. The quantitative estimate of drug-likeness (QED) is 0.554. The van der Waals surface area contributed by atoms with E-state index in [0.717, 1.165) is 11.3 Å². The predicted molar refractivity (Wildman–Crippen MR) is 97.6 cm³/mol. The fourth-order valence-corrected chi connectivity index (χ4v) is 3.06. The Balaban J connectivity index is 1.51. The van der Waals surface area contributed by atoms with Crippen LogP contribution in [0.5, 0.6) is 17.4 Å². The number of nitrogens with zero attached hydrogens (tertiary/aromatic N) is 4. The second kappa shape index (κ2) is 6.69. The lowest BCUT2D eigenvalue weighted by Crippen LogP contribution is -2.18. The smallest absolute Gasteiger partial charge is 0.249 e. The summed E-state index contributed by atoms with van der Waals surface area (Å²) in [5.74, 6) is 1.95. The summed E-state index contributed by atoms with van der Waals surface area (Å²) in [6.07, 6.45) is 2.76. The standard InChI is InChI=1S/C20H16N4O3/c1-2-7-15(8-3-1)27-20-18-19(21-12-22-20)23-13-24(18)17-11-25-16-9-5-4-6-14(16)10-26-17/h1-9,12-13,17H,10-11H2. The molecule has 0 radical (unpaired) electrons. The molecule has 0 fully saturated rings. The lowest BCUT2D eigenvalue weighted by atomic mass is 10.2. The van der Waals surface area contributed by atoms with Gasteiger partial charge in [-0.3, -0.25) is 4.57 Å². The van der Waals surface area contributed by atoms with E-state index in [-0.39, 0.29) is 6.23 Å². The van der Waals surface area contributed by atoms with Crippen molar-refractivity contribution in [1.82, 2.24) is 19.5 Å². The largest absolute Gasteiger partial charge is 0.488 e. The lowest BCUT2D eigenvalue weighted by Gasteiger charge is -2.17. The number of ether oxygens (including phenoxy) is 3. The molecule has 0 saturated heterocycles. The fourth-order valence-electron chi connectivity index (χ4n) is 3.06. The highest BCUT2D eigenvalue weighted by Crippen LogP contribution is 2.31. The number of rotatable bonds is 3. The van der Waals surface area contributed by atoms with Gasteiger partial charge in [-0.05, 0) is 18.2 Å². The van der Waals surface area contributed by atoms with Crippen molar-refractivity contribution in [3.8, 4) is 17.4 Å². The molecule has 2 aromatic heterocycles. The molecule has 2 aromatic carbocycles. The van der Waals surface area contributed by atoms with Crippen LogP contribution in [-0.2, 0) is 11.3 Å². The van der Waals surface area contributed by atoms with Crippen LogP contribution < -0.4 is 9.47 Å². The van der Waals surface area contributed by atoms with Gasteiger partial charge in [0.2, 0.25) is 5.88 Å². The van der Waals surface area contributed by atoms with Gasteiger partial charge < -0.3 is 14.2 Å². The Kier molecular flexibility index (Phi) is 3.91. The Morgan fingerprint density at radius 3 is 2.74 bits per heavy atom. The zero-order chi connectivity index (χ0) is 18.1. The summed E-state index contributed by atoms with van der Waals surface area (Å²) >= 11 is 0. The molecular formula is C20H16N4O3. The first-order chi connectivity index (χ1) is 13.4. The summed E-state index contributed by atoms with van der Waals surface area (Å²) in [5.41, 5.74) is 2.23. The van der Waals surface area contributed by atoms with Crippen LogP contribution in [0.1, 0.15) is 11.8 Å². The van der Waals surface area contributed by atoms with E-state index in [1.165, 1.54) is 6.33 Å². The number of aromatic nitrogens is 4. The Labute approximate surface area is 155 Å². The molecule has 1 unspecified atom stereocenters. The minimum atomic E-state index is -0.369. The van der Waals surface area contributed by atoms with Crippen molar-refractivity contribution in [3.05, 3.63) is 72.8 Å². The highest BCUT2D eigenvalue weighted by molar-refractivity contribution is 5.76. The van der Waals surface area contributed by atoms with Gasteiger partial charge >= 0.3 is 0 Å². The van der Waals surface area contributed by atoms with E-state index in [1.807, 2.05) is 59.2 Å². The summed E-state index contributed by atoms with van der Waals surface area (Å²) in [4.78, 5) is 12.9. The van der Waals surface area contributed by atoms with Gasteiger partial charge in [0.15, 0.2) is 17.4 Å². The third-order valence-corrected chi connectivity index (χ3v) is 4.39. The van der Waals surface area contributed by atoms with E-state index in [9.17, 15) is 0 Å². The minimum Gasteiger partial charge on any atom is -0.488 e. The molecule has 27 heavy (non-hydrogen) atoms. The molecule has 0 amide bonds. The molecule has 4 aromatic rings. The highest BCUT2D eigenvalue weighted by atomic mass is 16.6. The molecule has 3 heterocycles. The molecule has 1 atom stereocenters. The molecule has 7 nitrogen and oxygen atoms in total. The molecule has 134 valence electrons. The van der Waals surface area contributed by atoms with E-state index in [1.54, 1.807) is 6.33 Å². The number of benzene rings is 2. The van der Waals surface area contributed by atoms with E-state index >= 15 is 0 Å². The van der Waals surface area contributed by atoms with Gasteiger partial charge in [-0.15, -0.1) is 0 Å². The molecule has 0 saturated carbocycles. The van der Waals surface area contributed by atoms with Crippen molar-refractivity contribution in [1.29, 1.82) is 0 Å². The van der Waals surface area contributed by atoms with Gasteiger partial charge in [-0.25, -0.2) is 9.97 Å². The maximum absolute atomic E-state index is 6.07. The maximum Gasteiger partial charge on any atom is 0.249 e. The van der Waals surface area contributed by atoms with E-state index in [4.69, 9.17) is 14.2 Å². The first-order valence-electron chi connectivity index (χ1n) is 8.61. The summed E-state index contributed by atoms with van der Waals surface area (Å²) in [5, 5.41) is 0. The monoisotopic (exact) mass is 360 g/mol. The van der Waals surface area contributed by atoms with Gasteiger partial charge in [-0.1, -0.05) is 36.4 Å². The first kappa shape index (κ1) is 15.8. The van der Waals surface area contributed by atoms with Crippen LogP contribution in [0.3, 0.4) is 0 Å². The van der Waals surface area contributed by atoms with Gasteiger partial charge in [0.25, 0.3) is 0 Å². The average Bonchev–Trinajstić information content (AvgIpc) is 3.03. The highest BCUT2D eigenvalue weighted by Gasteiger charge is 2.23. The molecule has 7 heteroatoms. The molecule has 0 spiro atoms.